The van der Waals surface area contributed by atoms with E-state index >= 15 is 0 Å². The minimum absolute atomic E-state index is 0.104. The van der Waals surface area contributed by atoms with Crippen LogP contribution in [-0.2, 0) is 14.3 Å². The van der Waals surface area contributed by atoms with Crippen molar-refractivity contribution in [1.29, 1.82) is 0 Å². The highest BCUT2D eigenvalue weighted by Gasteiger charge is 2.37. The van der Waals surface area contributed by atoms with E-state index in [4.69, 9.17) is 19.4 Å². The summed E-state index contributed by atoms with van der Waals surface area (Å²) in [5.41, 5.74) is 0.496. The molecule has 2 aromatic heterocycles. The van der Waals surface area contributed by atoms with E-state index in [1.807, 2.05) is 9.80 Å². The normalized spacial score (nSPS) is 23.3. The van der Waals surface area contributed by atoms with Crippen molar-refractivity contribution in [1.82, 2.24) is 29.7 Å². The number of para-hydroxylation sites is 2. The number of nitrogens with zero attached hydrogens (tertiary/aromatic N) is 6. The van der Waals surface area contributed by atoms with E-state index in [1.54, 1.807) is 37.3 Å². The van der Waals surface area contributed by atoms with Crippen molar-refractivity contribution in [3.63, 3.8) is 0 Å². The summed E-state index contributed by atoms with van der Waals surface area (Å²) in [6.45, 7) is 5.83. The van der Waals surface area contributed by atoms with Gasteiger partial charge in [-0.15, -0.1) is 0 Å². The molecule has 1 saturated carbocycles. The van der Waals surface area contributed by atoms with Crippen LogP contribution in [0, 0.1) is 5.41 Å². The topological polar surface area (TPSA) is 115 Å². The number of ether oxygens (including phenoxy) is 2. The Kier molecular flexibility index (Phi) is 9.03. The fourth-order valence-corrected chi connectivity index (χ4v) is 6.45. The summed E-state index contributed by atoms with van der Waals surface area (Å²) in [7, 11) is 0. The number of aldehydes is 1. The van der Waals surface area contributed by atoms with E-state index in [0.717, 1.165) is 32.2 Å². The summed E-state index contributed by atoms with van der Waals surface area (Å²) in [5.74, 6) is 0.660. The Balaban J connectivity index is 1.18. The molecule has 4 heterocycles. The molecule has 3 aromatic rings. The number of anilines is 1. The molecular formula is C31H39F2N7O4. The molecule has 1 aliphatic carbocycles. The molecule has 11 nitrogen and oxygen atoms in total. The second kappa shape index (κ2) is 13.1. The first kappa shape index (κ1) is 30.3. The standard InChI is InChI=1S/C31H39F2N7O4/c1-21(42)38-12-8-22(9-13-38)34-19-31(20-41)10-6-23(7-11-31)44-27-18-26(36-30(37-27)39-14-16-43-17-15-39)40-25-5-3-2-4-24(25)35-29(40)28(32)33/h2-5,18,20,22-23,28,34H,6-17,19H2,1H3. The monoisotopic (exact) mass is 611 g/mol. The predicted molar refractivity (Wildman–Crippen MR) is 159 cm³/mol. The van der Waals surface area contributed by atoms with Gasteiger partial charge in [-0.2, -0.15) is 9.97 Å². The van der Waals surface area contributed by atoms with Crippen LogP contribution in [0.15, 0.2) is 30.3 Å². The van der Waals surface area contributed by atoms with Gasteiger partial charge in [-0.05, 0) is 50.7 Å². The van der Waals surface area contributed by atoms with Gasteiger partial charge in [0.15, 0.2) is 5.82 Å². The van der Waals surface area contributed by atoms with Crippen molar-refractivity contribution >= 4 is 29.2 Å². The summed E-state index contributed by atoms with van der Waals surface area (Å²) in [6.07, 6.45) is 2.48. The van der Waals surface area contributed by atoms with Crippen LogP contribution in [0.25, 0.3) is 16.9 Å². The summed E-state index contributed by atoms with van der Waals surface area (Å²) in [6, 6.07) is 8.86. The van der Waals surface area contributed by atoms with E-state index < -0.39 is 17.7 Å². The Labute approximate surface area is 254 Å². The van der Waals surface area contributed by atoms with Crippen LogP contribution in [0.3, 0.4) is 0 Å². The summed E-state index contributed by atoms with van der Waals surface area (Å²) in [5, 5.41) is 3.59. The average Bonchev–Trinajstić information content (AvgIpc) is 3.45. The molecule has 44 heavy (non-hydrogen) atoms. The third-order valence-electron chi connectivity index (χ3n) is 9.13. The minimum atomic E-state index is -2.81. The zero-order chi connectivity index (χ0) is 30.7. The third-order valence-corrected chi connectivity index (χ3v) is 9.13. The smallest absolute Gasteiger partial charge is 0.296 e. The Morgan fingerprint density at radius 3 is 2.50 bits per heavy atom. The lowest BCUT2D eigenvalue weighted by molar-refractivity contribution is -0.129. The van der Waals surface area contributed by atoms with Gasteiger partial charge in [0.1, 0.15) is 18.2 Å². The number of imidazole rings is 1. The van der Waals surface area contributed by atoms with Crippen molar-refractivity contribution < 1.29 is 27.8 Å². The van der Waals surface area contributed by atoms with Crippen molar-refractivity contribution in [3.8, 4) is 11.7 Å². The van der Waals surface area contributed by atoms with Crippen LogP contribution in [-0.4, -0.2) is 94.7 Å². The lowest BCUT2D eigenvalue weighted by atomic mass is 9.74. The number of rotatable bonds is 9. The molecule has 6 rings (SSSR count). The Morgan fingerprint density at radius 2 is 1.82 bits per heavy atom. The number of piperidine rings is 1. The number of alkyl halides is 2. The lowest BCUT2D eigenvalue weighted by Gasteiger charge is -2.38. The molecule has 13 heteroatoms. The first-order valence-electron chi connectivity index (χ1n) is 15.4. The van der Waals surface area contributed by atoms with Crippen LogP contribution in [0.5, 0.6) is 5.88 Å². The Hall–Kier alpha value is -3.71. The van der Waals surface area contributed by atoms with E-state index in [2.05, 4.69) is 10.3 Å². The Morgan fingerprint density at radius 1 is 1.09 bits per heavy atom. The maximum Gasteiger partial charge on any atom is 0.296 e. The molecule has 0 atom stereocenters. The van der Waals surface area contributed by atoms with Crippen LogP contribution in [0.1, 0.15) is 57.7 Å². The van der Waals surface area contributed by atoms with Gasteiger partial charge < -0.3 is 29.4 Å². The van der Waals surface area contributed by atoms with Crippen LogP contribution >= 0.6 is 0 Å². The summed E-state index contributed by atoms with van der Waals surface area (Å²) >= 11 is 0. The maximum atomic E-state index is 14.2. The highest BCUT2D eigenvalue weighted by atomic mass is 19.3. The maximum absolute atomic E-state index is 14.2. The number of carbonyl (C=O) groups excluding carboxylic acids is 2. The van der Waals surface area contributed by atoms with Gasteiger partial charge >= 0.3 is 0 Å². The molecule has 0 unspecified atom stereocenters. The van der Waals surface area contributed by atoms with Crippen LogP contribution in [0.4, 0.5) is 14.7 Å². The van der Waals surface area contributed by atoms with Gasteiger partial charge in [0.25, 0.3) is 6.43 Å². The quantitative estimate of drug-likeness (QED) is 0.362. The third kappa shape index (κ3) is 6.53. The number of fused-ring (bicyclic) bond motifs is 1. The molecular weight excluding hydrogens is 572 g/mol. The highest BCUT2D eigenvalue weighted by molar-refractivity contribution is 5.78. The predicted octanol–water partition coefficient (Wildman–Crippen LogP) is 3.70. The largest absolute Gasteiger partial charge is 0.474 e. The van der Waals surface area contributed by atoms with Gasteiger partial charge in [-0.25, -0.2) is 13.8 Å². The van der Waals surface area contributed by atoms with Gasteiger partial charge in [0.2, 0.25) is 17.7 Å². The number of carbonyl (C=O) groups is 2. The average molecular weight is 612 g/mol. The number of hydrogen-bond acceptors (Lipinski definition) is 9. The molecule has 236 valence electrons. The van der Waals surface area contributed by atoms with Gasteiger partial charge in [-0.3, -0.25) is 9.36 Å². The second-order valence-corrected chi connectivity index (χ2v) is 12.0. The highest BCUT2D eigenvalue weighted by Crippen LogP contribution is 2.37. The number of likely N-dealkylation sites (tertiary alicyclic amines) is 1. The Bertz CT molecular complexity index is 1460. The zero-order valence-corrected chi connectivity index (χ0v) is 25.0. The van der Waals surface area contributed by atoms with Gasteiger partial charge in [-0.1, -0.05) is 12.1 Å². The van der Waals surface area contributed by atoms with Crippen molar-refractivity contribution in [2.45, 2.75) is 64.0 Å². The molecule has 0 spiro atoms. The first-order chi connectivity index (χ1) is 21.3. The van der Waals surface area contributed by atoms with Crippen molar-refractivity contribution in [3.05, 3.63) is 36.2 Å². The number of morpholine rings is 1. The first-order valence-corrected chi connectivity index (χ1v) is 15.4. The molecule has 3 fully saturated rings. The zero-order valence-electron chi connectivity index (χ0n) is 25.0. The van der Waals surface area contributed by atoms with Crippen molar-refractivity contribution in [2.24, 2.45) is 5.41 Å². The van der Waals surface area contributed by atoms with Gasteiger partial charge in [0.05, 0.1) is 24.2 Å². The SMILES string of the molecule is CC(=O)N1CCC(NCC2(C=O)CCC(Oc3cc(-n4c(C(F)F)nc5ccccc54)nc(N4CCOCC4)n3)CC2)CC1. The number of aromatic nitrogens is 4. The fraction of sp³-hybridized carbons (Fsp3) is 0.581. The second-order valence-electron chi connectivity index (χ2n) is 12.0. The van der Waals surface area contributed by atoms with E-state index in [0.29, 0.717) is 81.4 Å². The van der Waals surface area contributed by atoms with E-state index in [-0.39, 0.29) is 23.9 Å². The number of nitrogens with one attached hydrogen (secondary N) is 1. The van der Waals surface area contributed by atoms with Crippen LogP contribution in [0.2, 0.25) is 0 Å². The number of amides is 1. The molecule has 3 aliphatic rings. The lowest BCUT2D eigenvalue weighted by Crippen LogP contribution is -2.48. The number of halogens is 2. The molecule has 0 bridgehead atoms. The summed E-state index contributed by atoms with van der Waals surface area (Å²) in [4.78, 5) is 41.4. The van der Waals surface area contributed by atoms with E-state index in [9.17, 15) is 18.4 Å². The minimum Gasteiger partial charge on any atom is -0.474 e. The molecule has 1 N–H and O–H groups in total. The molecule has 2 saturated heterocycles. The summed E-state index contributed by atoms with van der Waals surface area (Å²) < 4.78 is 41.6. The fourth-order valence-electron chi connectivity index (χ4n) is 6.45. The van der Waals surface area contributed by atoms with Gasteiger partial charge in [0, 0.05) is 57.2 Å². The molecule has 2 aliphatic heterocycles. The van der Waals surface area contributed by atoms with E-state index in [1.165, 1.54) is 4.57 Å². The number of benzene rings is 1. The molecule has 0 radical (unpaired) electrons. The molecule has 1 amide bonds. The number of hydrogen-bond donors (Lipinski definition) is 1. The van der Waals surface area contributed by atoms with Crippen LogP contribution < -0.4 is 15.0 Å². The van der Waals surface area contributed by atoms with Crippen molar-refractivity contribution in [2.75, 3.05) is 50.8 Å². The molecule has 1 aromatic carbocycles.